The van der Waals surface area contributed by atoms with Crippen molar-refractivity contribution in [1.82, 2.24) is 13.7 Å². The molecule has 0 unspecified atom stereocenters. The highest BCUT2D eigenvalue weighted by molar-refractivity contribution is 9.09. The summed E-state index contributed by atoms with van der Waals surface area (Å²) in [5, 5.41) is 2.90. The first-order valence-corrected chi connectivity index (χ1v) is 14.6. The number of aromatic nitrogens is 3. The maximum Gasteiger partial charge on any atom is 0.336 e. The Hall–Kier alpha value is -0.150. The van der Waals surface area contributed by atoms with Crippen LogP contribution >= 0.6 is 47.8 Å². The zero-order valence-corrected chi connectivity index (χ0v) is 22.7. The number of halogens is 3. The van der Waals surface area contributed by atoms with Gasteiger partial charge in [0.2, 0.25) is 0 Å². The summed E-state index contributed by atoms with van der Waals surface area (Å²) in [7, 11) is 0. The van der Waals surface area contributed by atoms with E-state index in [4.69, 9.17) is 0 Å². The van der Waals surface area contributed by atoms with E-state index in [0.29, 0.717) is 19.6 Å². The summed E-state index contributed by atoms with van der Waals surface area (Å²) >= 11 is 10.3. The Labute approximate surface area is 204 Å². The number of alkyl halides is 3. The van der Waals surface area contributed by atoms with E-state index in [1.165, 1.54) is 13.7 Å². The molecule has 30 heavy (non-hydrogen) atoms. The van der Waals surface area contributed by atoms with E-state index >= 15 is 0 Å². The molecule has 0 amide bonds. The maximum absolute atomic E-state index is 12.9. The summed E-state index contributed by atoms with van der Waals surface area (Å²) < 4.78 is 3.85. The van der Waals surface area contributed by atoms with Gasteiger partial charge in [0, 0.05) is 35.6 Å². The van der Waals surface area contributed by atoms with Gasteiger partial charge in [-0.15, -0.1) is 0 Å². The molecule has 0 saturated heterocycles. The number of hydrogen-bond donors (Lipinski definition) is 0. The lowest BCUT2D eigenvalue weighted by molar-refractivity contribution is 0.414. The molecule has 1 aromatic heterocycles. The third-order valence-corrected chi connectivity index (χ3v) is 6.86. The minimum Gasteiger partial charge on any atom is -0.247 e. The van der Waals surface area contributed by atoms with Crippen LogP contribution in [0.4, 0.5) is 0 Å². The normalized spacial score (nSPS) is 11.3. The van der Waals surface area contributed by atoms with Gasteiger partial charge >= 0.3 is 17.1 Å². The Kier molecular flexibility index (Phi) is 16.2. The van der Waals surface area contributed by atoms with Gasteiger partial charge in [0.25, 0.3) is 0 Å². The van der Waals surface area contributed by atoms with Crippen LogP contribution in [0.5, 0.6) is 0 Å². The summed E-state index contributed by atoms with van der Waals surface area (Å²) in [5.74, 6) is 0. The molecule has 0 bridgehead atoms. The minimum absolute atomic E-state index is 0.382. The van der Waals surface area contributed by atoms with Crippen LogP contribution in [0.1, 0.15) is 77.0 Å². The van der Waals surface area contributed by atoms with Gasteiger partial charge in [-0.1, -0.05) is 86.3 Å². The van der Waals surface area contributed by atoms with E-state index in [0.717, 1.165) is 93.0 Å². The van der Waals surface area contributed by atoms with Crippen molar-refractivity contribution >= 4 is 47.8 Å². The molecule has 0 saturated carbocycles. The van der Waals surface area contributed by atoms with Crippen molar-refractivity contribution in [2.75, 3.05) is 16.0 Å². The van der Waals surface area contributed by atoms with E-state index in [9.17, 15) is 14.4 Å². The fourth-order valence-electron chi connectivity index (χ4n) is 3.41. The van der Waals surface area contributed by atoms with Gasteiger partial charge in [-0.05, 0) is 38.5 Å². The second kappa shape index (κ2) is 17.4. The van der Waals surface area contributed by atoms with Gasteiger partial charge < -0.3 is 0 Å². The Morgan fingerprint density at radius 3 is 0.867 bits per heavy atom. The summed E-state index contributed by atoms with van der Waals surface area (Å²) in [6, 6.07) is 0. The summed E-state index contributed by atoms with van der Waals surface area (Å²) in [5.41, 5.74) is -1.33. The van der Waals surface area contributed by atoms with E-state index in [2.05, 4.69) is 47.8 Å². The highest BCUT2D eigenvalue weighted by atomic mass is 79.9. The predicted molar refractivity (Wildman–Crippen MR) is 136 cm³/mol. The number of rotatable bonds is 18. The Morgan fingerprint density at radius 2 is 0.633 bits per heavy atom. The zero-order valence-electron chi connectivity index (χ0n) is 17.9. The molecule has 0 N–H and O–H groups in total. The van der Waals surface area contributed by atoms with Gasteiger partial charge in [-0.3, -0.25) is 0 Å². The molecule has 0 atom stereocenters. The first kappa shape index (κ1) is 27.9. The smallest absolute Gasteiger partial charge is 0.247 e. The Bertz CT molecular complexity index is 628. The third-order valence-electron chi connectivity index (χ3n) is 5.18. The summed E-state index contributed by atoms with van der Waals surface area (Å²) in [6.07, 6.45) is 11.7. The van der Waals surface area contributed by atoms with Crippen LogP contribution in [0.3, 0.4) is 0 Å². The van der Waals surface area contributed by atoms with Gasteiger partial charge in [0.05, 0.1) is 0 Å². The average Bonchev–Trinajstić information content (AvgIpc) is 2.74. The molecule has 1 aromatic rings. The quantitative estimate of drug-likeness (QED) is 0.171. The SMILES string of the molecule is O=c1n(CCCCCCBr)c(=O)n(CCCCCCBr)c(=O)n1CCCCCCBr. The van der Waals surface area contributed by atoms with Crippen molar-refractivity contribution in [3.8, 4) is 0 Å². The second-order valence-electron chi connectivity index (χ2n) is 7.61. The van der Waals surface area contributed by atoms with Gasteiger partial charge in [0.1, 0.15) is 0 Å². The molecule has 0 aliphatic carbocycles. The lowest BCUT2D eigenvalue weighted by Crippen LogP contribution is -2.54. The molecule has 1 heterocycles. The van der Waals surface area contributed by atoms with Crippen LogP contribution in [0.15, 0.2) is 14.4 Å². The van der Waals surface area contributed by atoms with E-state index in [1.807, 2.05) is 0 Å². The van der Waals surface area contributed by atoms with Gasteiger partial charge in [-0.25, -0.2) is 28.1 Å². The van der Waals surface area contributed by atoms with E-state index in [1.54, 1.807) is 0 Å². The van der Waals surface area contributed by atoms with Crippen LogP contribution in [0.25, 0.3) is 0 Å². The molecule has 174 valence electrons. The lowest BCUT2D eigenvalue weighted by atomic mass is 10.2. The highest BCUT2D eigenvalue weighted by Crippen LogP contribution is 2.05. The minimum atomic E-state index is -0.443. The Balaban J connectivity index is 2.98. The topological polar surface area (TPSA) is 66.0 Å². The first-order valence-electron chi connectivity index (χ1n) is 11.2. The van der Waals surface area contributed by atoms with Crippen LogP contribution < -0.4 is 17.1 Å². The zero-order chi connectivity index (χ0) is 22.2. The van der Waals surface area contributed by atoms with Crippen molar-refractivity contribution in [2.24, 2.45) is 0 Å². The fourth-order valence-corrected chi connectivity index (χ4v) is 4.60. The standard InChI is InChI=1S/C21H36Br3N3O3/c22-13-7-1-4-10-16-25-19(28)26(17-11-5-2-8-14-23)21(30)27(20(25)29)18-12-6-3-9-15-24/h1-18H2. The first-order chi connectivity index (χ1) is 14.6. The van der Waals surface area contributed by atoms with Crippen LogP contribution in [-0.2, 0) is 19.6 Å². The number of hydrogen-bond acceptors (Lipinski definition) is 3. The van der Waals surface area contributed by atoms with E-state index in [-0.39, 0.29) is 0 Å². The molecule has 0 radical (unpaired) electrons. The summed E-state index contributed by atoms with van der Waals surface area (Å²) in [4.78, 5) is 38.7. The molecule has 0 fully saturated rings. The Morgan fingerprint density at radius 1 is 0.400 bits per heavy atom. The lowest BCUT2D eigenvalue weighted by Gasteiger charge is -2.14. The predicted octanol–water partition coefficient (Wildman–Crippen LogP) is 5.04. The van der Waals surface area contributed by atoms with Crippen molar-refractivity contribution in [1.29, 1.82) is 0 Å². The number of nitrogens with zero attached hydrogens (tertiary/aromatic N) is 3. The van der Waals surface area contributed by atoms with Crippen molar-refractivity contribution < 1.29 is 0 Å². The fraction of sp³-hybridized carbons (Fsp3) is 0.857. The van der Waals surface area contributed by atoms with Crippen LogP contribution in [0, 0.1) is 0 Å². The average molecular weight is 618 g/mol. The molecule has 0 aliphatic heterocycles. The molecule has 6 nitrogen and oxygen atoms in total. The largest absolute Gasteiger partial charge is 0.336 e. The third kappa shape index (κ3) is 9.98. The van der Waals surface area contributed by atoms with Crippen LogP contribution in [-0.4, -0.2) is 29.7 Å². The summed E-state index contributed by atoms with van der Waals surface area (Å²) in [6.45, 7) is 1.15. The molecule has 9 heteroatoms. The molecule has 0 aliphatic rings. The number of unbranched alkanes of at least 4 members (excludes halogenated alkanes) is 9. The van der Waals surface area contributed by atoms with Crippen molar-refractivity contribution in [3.05, 3.63) is 31.5 Å². The maximum atomic E-state index is 12.9. The van der Waals surface area contributed by atoms with Crippen molar-refractivity contribution in [2.45, 2.75) is 96.7 Å². The molecule has 1 rings (SSSR count). The molecule has 0 spiro atoms. The van der Waals surface area contributed by atoms with Crippen LogP contribution in [0.2, 0.25) is 0 Å². The molecular formula is C21H36Br3N3O3. The second-order valence-corrected chi connectivity index (χ2v) is 9.99. The van der Waals surface area contributed by atoms with E-state index < -0.39 is 17.1 Å². The molecule has 0 aromatic carbocycles. The van der Waals surface area contributed by atoms with Gasteiger partial charge in [-0.2, -0.15) is 0 Å². The van der Waals surface area contributed by atoms with Gasteiger partial charge in [0.15, 0.2) is 0 Å². The van der Waals surface area contributed by atoms with Crippen molar-refractivity contribution in [3.63, 3.8) is 0 Å². The highest BCUT2D eigenvalue weighted by Gasteiger charge is 2.15. The monoisotopic (exact) mass is 615 g/mol. The molecular weight excluding hydrogens is 582 g/mol.